The smallest absolute Gasteiger partial charge is 0.232 e. The molecule has 6 nitrogen and oxygen atoms in total. The lowest BCUT2D eigenvalue weighted by atomic mass is 9.85. The first-order chi connectivity index (χ1) is 9.08. The quantitative estimate of drug-likeness (QED) is 0.857. The van der Waals surface area contributed by atoms with E-state index >= 15 is 0 Å². The Morgan fingerprint density at radius 3 is 2.95 bits per heavy atom. The zero-order valence-corrected chi connectivity index (χ0v) is 11.3. The third-order valence-corrected chi connectivity index (χ3v) is 3.36. The normalized spacial score (nSPS) is 22.9. The first kappa shape index (κ1) is 13.7. The summed E-state index contributed by atoms with van der Waals surface area (Å²) in [5, 5.41) is 2.75. The molecule has 2 rings (SSSR count). The molecule has 0 saturated heterocycles. The maximum absolute atomic E-state index is 12.1. The third kappa shape index (κ3) is 3.64. The molecule has 1 aromatic rings. The van der Waals surface area contributed by atoms with Crippen molar-refractivity contribution in [3.05, 3.63) is 11.8 Å². The summed E-state index contributed by atoms with van der Waals surface area (Å²) in [6, 6.07) is 1.84. The zero-order chi connectivity index (χ0) is 13.8. The van der Waals surface area contributed by atoms with Gasteiger partial charge < -0.3 is 10.5 Å². The first-order valence-corrected chi connectivity index (χ1v) is 6.54. The molecule has 6 heteroatoms. The van der Waals surface area contributed by atoms with Gasteiger partial charge in [-0.3, -0.25) is 10.1 Å². The fourth-order valence-electron chi connectivity index (χ4n) is 2.38. The molecule has 1 aromatic heterocycles. The molecule has 1 fully saturated rings. The van der Waals surface area contributed by atoms with Crippen molar-refractivity contribution < 1.29 is 9.53 Å². The van der Waals surface area contributed by atoms with E-state index in [1.165, 1.54) is 7.11 Å². The van der Waals surface area contributed by atoms with Crippen LogP contribution in [0.3, 0.4) is 0 Å². The van der Waals surface area contributed by atoms with E-state index in [2.05, 4.69) is 15.3 Å². The first-order valence-electron chi connectivity index (χ1n) is 6.54. The van der Waals surface area contributed by atoms with Crippen LogP contribution in [0.5, 0.6) is 5.88 Å². The van der Waals surface area contributed by atoms with Crippen molar-refractivity contribution in [3.8, 4) is 5.88 Å². The number of nitrogens with zero attached hydrogens (tertiary/aromatic N) is 2. The van der Waals surface area contributed by atoms with Crippen LogP contribution >= 0.6 is 0 Å². The maximum Gasteiger partial charge on any atom is 0.232 e. The Labute approximate surface area is 112 Å². The summed E-state index contributed by atoms with van der Waals surface area (Å²) in [4.78, 5) is 20.4. The monoisotopic (exact) mass is 264 g/mol. The van der Waals surface area contributed by atoms with Gasteiger partial charge in [-0.05, 0) is 26.2 Å². The Bertz CT molecular complexity index is 464. The summed E-state index contributed by atoms with van der Waals surface area (Å²) in [7, 11) is 1.54. The van der Waals surface area contributed by atoms with Gasteiger partial charge in [0.2, 0.25) is 17.7 Å². The molecule has 1 aliphatic rings. The molecular weight excluding hydrogens is 244 g/mol. The molecule has 2 unspecified atom stereocenters. The fourth-order valence-corrected chi connectivity index (χ4v) is 2.38. The van der Waals surface area contributed by atoms with Crippen LogP contribution in [0.4, 0.5) is 5.95 Å². The lowest BCUT2D eigenvalue weighted by molar-refractivity contribution is -0.120. The average Bonchev–Trinajstić information content (AvgIpc) is 2.38. The molecule has 19 heavy (non-hydrogen) atoms. The van der Waals surface area contributed by atoms with Crippen molar-refractivity contribution in [1.29, 1.82) is 0 Å². The number of amides is 1. The molecule has 0 spiro atoms. The Morgan fingerprint density at radius 2 is 2.26 bits per heavy atom. The molecule has 3 N–H and O–H groups in total. The lowest BCUT2D eigenvalue weighted by Gasteiger charge is -2.25. The van der Waals surface area contributed by atoms with E-state index in [1.807, 2.05) is 6.92 Å². The van der Waals surface area contributed by atoms with Crippen LogP contribution in [0.25, 0.3) is 0 Å². The van der Waals surface area contributed by atoms with Gasteiger partial charge in [0.15, 0.2) is 0 Å². The number of rotatable bonds is 3. The van der Waals surface area contributed by atoms with Crippen LogP contribution in [0.15, 0.2) is 6.07 Å². The summed E-state index contributed by atoms with van der Waals surface area (Å²) in [6.45, 7) is 1.83. The number of hydrogen-bond donors (Lipinski definition) is 2. The van der Waals surface area contributed by atoms with Gasteiger partial charge in [-0.15, -0.1) is 0 Å². The molecular formula is C13H20N4O2. The van der Waals surface area contributed by atoms with Gasteiger partial charge in [-0.2, -0.15) is 4.98 Å². The van der Waals surface area contributed by atoms with Gasteiger partial charge in [0.05, 0.1) is 7.11 Å². The molecule has 104 valence electrons. The molecule has 1 saturated carbocycles. The van der Waals surface area contributed by atoms with Crippen molar-refractivity contribution in [1.82, 2.24) is 9.97 Å². The van der Waals surface area contributed by atoms with Gasteiger partial charge >= 0.3 is 0 Å². The second kappa shape index (κ2) is 5.97. The molecule has 0 radical (unpaired) electrons. The van der Waals surface area contributed by atoms with Gasteiger partial charge in [0.25, 0.3) is 0 Å². The van der Waals surface area contributed by atoms with Crippen molar-refractivity contribution >= 4 is 11.9 Å². The summed E-state index contributed by atoms with van der Waals surface area (Å²) < 4.78 is 5.06. The van der Waals surface area contributed by atoms with Crippen molar-refractivity contribution in [2.24, 2.45) is 11.7 Å². The largest absolute Gasteiger partial charge is 0.481 e. The standard InChI is InChI=1S/C13H20N4O2/c1-8-6-11(19-2)16-13(15-8)17-12(18)9-4-3-5-10(14)7-9/h6,9-10H,3-5,7,14H2,1-2H3,(H,15,16,17,18). The van der Waals surface area contributed by atoms with Gasteiger partial charge in [-0.25, -0.2) is 4.98 Å². The SMILES string of the molecule is COc1cc(C)nc(NC(=O)C2CCCC(N)C2)n1. The van der Waals surface area contributed by atoms with Crippen LogP contribution in [-0.4, -0.2) is 29.0 Å². The molecule has 0 aliphatic heterocycles. The number of hydrogen-bond acceptors (Lipinski definition) is 5. The molecule has 0 bridgehead atoms. The molecule has 0 aromatic carbocycles. The third-order valence-electron chi connectivity index (χ3n) is 3.36. The predicted octanol–water partition coefficient (Wildman–Crippen LogP) is 1.25. The van der Waals surface area contributed by atoms with E-state index < -0.39 is 0 Å². The second-order valence-electron chi connectivity index (χ2n) is 4.99. The van der Waals surface area contributed by atoms with Gasteiger partial charge in [0.1, 0.15) is 0 Å². The average molecular weight is 264 g/mol. The number of carbonyl (C=O) groups excluding carboxylic acids is 1. The number of anilines is 1. The molecule has 2 atom stereocenters. The molecule has 1 aliphatic carbocycles. The Hall–Kier alpha value is -1.69. The van der Waals surface area contributed by atoms with Crippen molar-refractivity contribution in [2.45, 2.75) is 38.6 Å². The molecule has 1 heterocycles. The number of nitrogens with two attached hydrogens (primary N) is 1. The van der Waals surface area contributed by atoms with E-state index in [0.717, 1.165) is 31.4 Å². The number of ether oxygens (including phenoxy) is 1. The molecule has 1 amide bonds. The van der Waals surface area contributed by atoms with Crippen molar-refractivity contribution in [2.75, 3.05) is 12.4 Å². The van der Waals surface area contributed by atoms with Gasteiger partial charge in [-0.1, -0.05) is 6.42 Å². The summed E-state index contributed by atoms with van der Waals surface area (Å²) in [5.41, 5.74) is 6.65. The maximum atomic E-state index is 12.1. The van der Waals surface area contributed by atoms with E-state index in [4.69, 9.17) is 10.5 Å². The van der Waals surface area contributed by atoms with Gasteiger partial charge in [0, 0.05) is 23.7 Å². The number of nitrogens with one attached hydrogen (secondary N) is 1. The Kier molecular flexibility index (Phi) is 4.31. The zero-order valence-electron chi connectivity index (χ0n) is 11.3. The topological polar surface area (TPSA) is 90.1 Å². The van der Waals surface area contributed by atoms with E-state index in [-0.39, 0.29) is 17.9 Å². The number of aromatic nitrogens is 2. The number of methoxy groups -OCH3 is 1. The Morgan fingerprint density at radius 1 is 1.47 bits per heavy atom. The summed E-state index contributed by atoms with van der Waals surface area (Å²) >= 11 is 0. The van der Waals surface area contributed by atoms with Crippen LogP contribution < -0.4 is 15.8 Å². The highest BCUT2D eigenvalue weighted by molar-refractivity contribution is 5.91. The Balaban J connectivity index is 2.03. The second-order valence-corrected chi connectivity index (χ2v) is 4.99. The fraction of sp³-hybridized carbons (Fsp3) is 0.615. The van der Waals surface area contributed by atoms with E-state index in [0.29, 0.717) is 11.8 Å². The minimum absolute atomic E-state index is 0.0427. The summed E-state index contributed by atoms with van der Waals surface area (Å²) in [6.07, 6.45) is 3.60. The van der Waals surface area contributed by atoms with Crippen molar-refractivity contribution in [3.63, 3.8) is 0 Å². The minimum atomic E-state index is -0.0530. The highest BCUT2D eigenvalue weighted by atomic mass is 16.5. The highest BCUT2D eigenvalue weighted by Crippen LogP contribution is 2.24. The number of aryl methyl sites for hydroxylation is 1. The van der Waals surface area contributed by atoms with Crippen LogP contribution in [0, 0.1) is 12.8 Å². The predicted molar refractivity (Wildman–Crippen MR) is 71.9 cm³/mol. The highest BCUT2D eigenvalue weighted by Gasteiger charge is 2.25. The van der Waals surface area contributed by atoms with Crippen LogP contribution in [0.2, 0.25) is 0 Å². The van der Waals surface area contributed by atoms with Crippen LogP contribution in [0.1, 0.15) is 31.4 Å². The van der Waals surface area contributed by atoms with E-state index in [1.54, 1.807) is 6.07 Å². The summed E-state index contributed by atoms with van der Waals surface area (Å²) in [5.74, 6) is 0.644. The number of carbonyl (C=O) groups is 1. The van der Waals surface area contributed by atoms with Crippen LogP contribution in [-0.2, 0) is 4.79 Å². The van der Waals surface area contributed by atoms with E-state index in [9.17, 15) is 4.79 Å². The lowest BCUT2D eigenvalue weighted by Crippen LogP contribution is -2.34. The minimum Gasteiger partial charge on any atom is -0.481 e.